The number of halogens is 2. The van der Waals surface area contributed by atoms with Crippen molar-refractivity contribution in [3.05, 3.63) is 58.9 Å². The van der Waals surface area contributed by atoms with Crippen molar-refractivity contribution in [3.8, 4) is 0 Å². The molecule has 2 N–H and O–H groups in total. The summed E-state index contributed by atoms with van der Waals surface area (Å²) in [5.41, 5.74) is 0.637. The molecule has 0 spiro atoms. The molecule has 0 atom stereocenters. The van der Waals surface area contributed by atoms with Crippen LogP contribution in [0.2, 0.25) is 5.02 Å². The highest BCUT2D eigenvalue weighted by molar-refractivity contribution is 7.98. The highest BCUT2D eigenvalue weighted by Gasteiger charge is 2.13. The lowest BCUT2D eigenvalue weighted by Gasteiger charge is -2.07. The average molecular weight is 297 g/mol. The zero-order valence-corrected chi connectivity index (χ0v) is 11.5. The zero-order valence-electron chi connectivity index (χ0n) is 9.88. The van der Waals surface area contributed by atoms with Gasteiger partial charge < -0.3 is 10.0 Å². The van der Waals surface area contributed by atoms with E-state index in [1.807, 2.05) is 18.2 Å². The summed E-state index contributed by atoms with van der Waals surface area (Å²) in [7, 11) is -1.65. The van der Waals surface area contributed by atoms with Crippen molar-refractivity contribution in [1.29, 1.82) is 0 Å². The fourth-order valence-electron chi connectivity index (χ4n) is 1.56. The molecule has 0 unspecified atom stereocenters. The van der Waals surface area contributed by atoms with Crippen molar-refractivity contribution >= 4 is 35.9 Å². The van der Waals surface area contributed by atoms with Crippen LogP contribution in [0.5, 0.6) is 0 Å². The minimum Gasteiger partial charge on any atom is -0.423 e. The largest absolute Gasteiger partial charge is 0.488 e. The normalized spacial score (nSPS) is 10.5. The summed E-state index contributed by atoms with van der Waals surface area (Å²) in [6, 6.07) is 11.5. The quantitative estimate of drug-likeness (QED) is 0.672. The van der Waals surface area contributed by atoms with E-state index in [1.54, 1.807) is 12.1 Å². The molecule has 98 valence electrons. The second-order valence-corrected chi connectivity index (χ2v) is 5.37. The van der Waals surface area contributed by atoms with Crippen molar-refractivity contribution in [2.45, 2.75) is 10.6 Å². The molecule has 6 heteroatoms. The minimum absolute atomic E-state index is 0.143. The van der Waals surface area contributed by atoms with E-state index in [-0.39, 0.29) is 5.46 Å². The average Bonchev–Trinajstić information content (AvgIpc) is 2.39. The van der Waals surface area contributed by atoms with Crippen molar-refractivity contribution in [2.24, 2.45) is 0 Å². The number of hydrogen-bond acceptors (Lipinski definition) is 3. The third kappa shape index (κ3) is 3.73. The Morgan fingerprint density at radius 2 is 1.89 bits per heavy atom. The van der Waals surface area contributed by atoms with Gasteiger partial charge in [0.2, 0.25) is 0 Å². The molecule has 0 aliphatic rings. The molecule has 0 fully saturated rings. The maximum atomic E-state index is 13.7. The molecule has 0 amide bonds. The van der Waals surface area contributed by atoms with Crippen LogP contribution >= 0.6 is 23.4 Å². The highest BCUT2D eigenvalue weighted by atomic mass is 35.5. The van der Waals surface area contributed by atoms with Gasteiger partial charge in [0.1, 0.15) is 5.82 Å². The van der Waals surface area contributed by atoms with E-state index in [2.05, 4.69) is 0 Å². The van der Waals surface area contributed by atoms with Gasteiger partial charge in [-0.2, -0.15) is 0 Å². The van der Waals surface area contributed by atoms with Crippen LogP contribution in [-0.4, -0.2) is 17.2 Å². The van der Waals surface area contributed by atoms with E-state index in [1.165, 1.54) is 17.8 Å². The molecule has 2 aromatic carbocycles. The predicted molar refractivity (Wildman–Crippen MR) is 77.2 cm³/mol. The molecule has 0 aliphatic carbocycles. The van der Waals surface area contributed by atoms with Crippen molar-refractivity contribution in [1.82, 2.24) is 0 Å². The Bertz CT molecular complexity index is 580. The summed E-state index contributed by atoms with van der Waals surface area (Å²) in [6.07, 6.45) is 0. The molecule has 2 rings (SSSR count). The Labute approximate surface area is 120 Å². The molecule has 19 heavy (non-hydrogen) atoms. The van der Waals surface area contributed by atoms with Gasteiger partial charge >= 0.3 is 7.12 Å². The number of thioether (sulfide) groups is 1. The van der Waals surface area contributed by atoms with Gasteiger partial charge in [0.05, 0.1) is 5.02 Å². The van der Waals surface area contributed by atoms with E-state index >= 15 is 0 Å². The third-order valence-corrected chi connectivity index (χ3v) is 4.16. The van der Waals surface area contributed by atoms with Crippen LogP contribution in [0.4, 0.5) is 4.39 Å². The summed E-state index contributed by atoms with van der Waals surface area (Å²) in [4.78, 5) is 0.884. The first kappa shape index (κ1) is 14.4. The van der Waals surface area contributed by atoms with Gasteiger partial charge in [-0.05, 0) is 29.2 Å². The van der Waals surface area contributed by atoms with Crippen LogP contribution < -0.4 is 5.46 Å². The third-order valence-electron chi connectivity index (χ3n) is 2.60. The van der Waals surface area contributed by atoms with Crippen molar-refractivity contribution in [2.75, 3.05) is 0 Å². The predicted octanol–water partition coefficient (Wildman–Crippen LogP) is 2.45. The van der Waals surface area contributed by atoms with E-state index in [0.29, 0.717) is 16.3 Å². The monoisotopic (exact) mass is 296 g/mol. The van der Waals surface area contributed by atoms with Crippen LogP contribution in [0.3, 0.4) is 0 Å². The van der Waals surface area contributed by atoms with Gasteiger partial charge in [-0.15, -0.1) is 11.8 Å². The summed E-state index contributed by atoms with van der Waals surface area (Å²) in [6.45, 7) is 0. The Morgan fingerprint density at radius 3 is 2.53 bits per heavy atom. The van der Waals surface area contributed by atoms with Gasteiger partial charge in [0, 0.05) is 10.6 Å². The lowest BCUT2D eigenvalue weighted by atomic mass is 9.80. The molecule has 0 aliphatic heterocycles. The zero-order chi connectivity index (χ0) is 13.8. The standard InChI is InChI=1S/C13H11BClFO2S/c15-11-3-1-2-4-13(11)19-8-9-5-6-10(14(17)18)7-12(9)16/h1-7,17-18H,8H2. The highest BCUT2D eigenvalue weighted by Crippen LogP contribution is 2.29. The summed E-state index contributed by atoms with van der Waals surface area (Å²) >= 11 is 7.45. The van der Waals surface area contributed by atoms with Gasteiger partial charge in [-0.25, -0.2) is 4.39 Å². The molecule has 0 bridgehead atoms. The van der Waals surface area contributed by atoms with Gasteiger partial charge in [-0.1, -0.05) is 35.9 Å². The topological polar surface area (TPSA) is 40.5 Å². The first-order valence-electron chi connectivity index (χ1n) is 5.59. The molecule has 2 nitrogen and oxygen atoms in total. The summed E-state index contributed by atoms with van der Waals surface area (Å²) < 4.78 is 13.7. The SMILES string of the molecule is OB(O)c1ccc(CSc2ccccc2Cl)c(F)c1. The van der Waals surface area contributed by atoms with Crippen LogP contribution in [0.25, 0.3) is 0 Å². The molecular weight excluding hydrogens is 285 g/mol. The first-order chi connectivity index (χ1) is 9.08. The number of hydrogen-bond donors (Lipinski definition) is 2. The molecule has 0 radical (unpaired) electrons. The lowest BCUT2D eigenvalue weighted by molar-refractivity contribution is 0.425. The van der Waals surface area contributed by atoms with Gasteiger partial charge in [-0.3, -0.25) is 0 Å². The Kier molecular flexibility index (Phi) is 4.88. The van der Waals surface area contributed by atoms with E-state index in [0.717, 1.165) is 11.0 Å². The molecule has 0 saturated carbocycles. The maximum Gasteiger partial charge on any atom is 0.488 e. The van der Waals surface area contributed by atoms with Crippen molar-refractivity contribution in [3.63, 3.8) is 0 Å². The second kappa shape index (κ2) is 6.43. The van der Waals surface area contributed by atoms with E-state index in [9.17, 15) is 4.39 Å². The first-order valence-corrected chi connectivity index (χ1v) is 6.96. The van der Waals surface area contributed by atoms with Crippen LogP contribution in [-0.2, 0) is 5.75 Å². The van der Waals surface area contributed by atoms with Gasteiger partial charge in [0.25, 0.3) is 0 Å². The van der Waals surface area contributed by atoms with Gasteiger partial charge in [0.15, 0.2) is 0 Å². The van der Waals surface area contributed by atoms with E-state index in [4.69, 9.17) is 21.6 Å². The molecule has 0 saturated heterocycles. The van der Waals surface area contributed by atoms with Crippen LogP contribution in [0.1, 0.15) is 5.56 Å². The fourth-order valence-corrected chi connectivity index (χ4v) is 2.78. The fraction of sp³-hybridized carbons (Fsp3) is 0.0769. The molecule has 0 heterocycles. The Balaban J connectivity index is 2.10. The number of benzene rings is 2. The smallest absolute Gasteiger partial charge is 0.423 e. The summed E-state index contributed by atoms with van der Waals surface area (Å²) in [5.74, 6) is -0.0256. The maximum absolute atomic E-state index is 13.7. The Morgan fingerprint density at radius 1 is 1.16 bits per heavy atom. The Hall–Kier alpha value is -1.01. The second-order valence-electron chi connectivity index (χ2n) is 3.94. The van der Waals surface area contributed by atoms with Crippen molar-refractivity contribution < 1.29 is 14.4 Å². The van der Waals surface area contributed by atoms with E-state index < -0.39 is 12.9 Å². The molecule has 0 aromatic heterocycles. The number of rotatable bonds is 4. The molecular formula is C13H11BClFO2S. The summed E-state index contributed by atoms with van der Waals surface area (Å²) in [5, 5.41) is 18.5. The minimum atomic E-state index is -1.65. The van der Waals surface area contributed by atoms with Crippen LogP contribution in [0.15, 0.2) is 47.4 Å². The molecule has 2 aromatic rings. The lowest BCUT2D eigenvalue weighted by Crippen LogP contribution is -2.30. The van der Waals surface area contributed by atoms with Crippen LogP contribution in [0, 0.1) is 5.82 Å².